The van der Waals surface area contributed by atoms with E-state index >= 15 is 0 Å². The molecule has 0 fully saturated rings. The van der Waals surface area contributed by atoms with E-state index in [1.165, 1.54) is 23.1 Å². The quantitative estimate of drug-likeness (QED) is 0.366. The van der Waals surface area contributed by atoms with Gasteiger partial charge in [0.05, 0.1) is 11.6 Å². The summed E-state index contributed by atoms with van der Waals surface area (Å²) in [7, 11) is 0. The van der Waals surface area contributed by atoms with Crippen LogP contribution in [0.3, 0.4) is 0 Å². The number of hydrogen-bond donors (Lipinski definition) is 1. The van der Waals surface area contributed by atoms with Gasteiger partial charge in [-0.3, -0.25) is 0 Å². The lowest BCUT2D eigenvalue weighted by molar-refractivity contribution is 0.278. The molecule has 3 aromatic rings. The van der Waals surface area contributed by atoms with Gasteiger partial charge in [0.25, 0.3) is 0 Å². The van der Waals surface area contributed by atoms with Crippen LogP contribution in [-0.2, 0) is 10.8 Å². The molecule has 0 heterocycles. The number of nitriles is 1. The standard InChI is InChI=1S/C11H13N.C11H16.C10H14O.2C2H6/c1-11(2,3)10-6-4-9(8-12)5-7-10;1-4-11(2,3)10-8-6-5-7-9-10;1-9(7-8-11)10-5-3-2-4-6-10;2*1-2/h4-7H,1-3H3;5-9H,4H2,1-3H3;2-6,9,11H,7-8H2,1H3;2*1-2H3. The third-order valence-corrected chi connectivity index (χ3v) is 6.25. The summed E-state index contributed by atoms with van der Waals surface area (Å²) in [6.07, 6.45) is 2.04. The average molecular weight is 518 g/mol. The molecule has 1 N–H and O–H groups in total. The Kier molecular flexibility index (Phi) is 20.7. The van der Waals surface area contributed by atoms with Gasteiger partial charge < -0.3 is 5.11 Å². The molecule has 210 valence electrons. The molecule has 0 aliphatic heterocycles. The predicted octanol–water partition coefficient (Wildman–Crippen LogP) is 10.5. The van der Waals surface area contributed by atoms with Gasteiger partial charge in [-0.15, -0.1) is 0 Å². The van der Waals surface area contributed by atoms with E-state index in [9.17, 15) is 0 Å². The average Bonchev–Trinajstić information content (AvgIpc) is 2.96. The second-order valence-corrected chi connectivity index (χ2v) is 10.4. The van der Waals surface area contributed by atoms with Crippen LogP contribution in [0, 0.1) is 11.3 Å². The van der Waals surface area contributed by atoms with Crippen molar-refractivity contribution < 1.29 is 5.11 Å². The predicted molar refractivity (Wildman–Crippen MR) is 169 cm³/mol. The lowest BCUT2D eigenvalue weighted by Gasteiger charge is -2.22. The molecule has 0 saturated carbocycles. The van der Waals surface area contributed by atoms with E-state index in [0.29, 0.717) is 11.3 Å². The normalized spacial score (nSPS) is 10.8. The van der Waals surface area contributed by atoms with E-state index in [1.54, 1.807) is 0 Å². The maximum absolute atomic E-state index is 8.70. The van der Waals surface area contributed by atoms with E-state index in [2.05, 4.69) is 97.0 Å². The number of hydrogen-bond acceptors (Lipinski definition) is 2. The van der Waals surface area contributed by atoms with Crippen LogP contribution >= 0.6 is 0 Å². The van der Waals surface area contributed by atoms with Gasteiger partial charge in [0.15, 0.2) is 0 Å². The molecule has 0 spiro atoms. The Morgan fingerprint density at radius 3 is 1.53 bits per heavy atom. The minimum Gasteiger partial charge on any atom is -0.396 e. The van der Waals surface area contributed by atoms with Crippen molar-refractivity contribution in [2.75, 3.05) is 6.61 Å². The largest absolute Gasteiger partial charge is 0.396 e. The number of aliphatic hydroxyl groups is 1. The molecule has 0 bridgehead atoms. The Morgan fingerprint density at radius 2 is 1.16 bits per heavy atom. The highest BCUT2D eigenvalue weighted by Gasteiger charge is 2.16. The highest BCUT2D eigenvalue weighted by Crippen LogP contribution is 2.25. The Labute approximate surface area is 235 Å². The third kappa shape index (κ3) is 15.4. The van der Waals surface area contributed by atoms with Gasteiger partial charge >= 0.3 is 0 Å². The summed E-state index contributed by atoms with van der Waals surface area (Å²) in [6.45, 7) is 23.7. The highest BCUT2D eigenvalue weighted by atomic mass is 16.3. The van der Waals surface area contributed by atoms with Crippen LogP contribution in [0.4, 0.5) is 0 Å². The second-order valence-electron chi connectivity index (χ2n) is 10.4. The SMILES string of the molecule is CC.CC.CC(C)(C)c1ccc(C#N)cc1.CC(CCO)c1ccccc1.CCC(C)(C)c1ccccc1. The minimum atomic E-state index is 0.175. The van der Waals surface area contributed by atoms with Gasteiger partial charge in [0, 0.05) is 6.61 Å². The van der Waals surface area contributed by atoms with Crippen molar-refractivity contribution in [3.05, 3.63) is 107 Å². The number of benzene rings is 3. The maximum atomic E-state index is 8.70. The Balaban J connectivity index is 0. The lowest BCUT2D eigenvalue weighted by atomic mass is 9.82. The van der Waals surface area contributed by atoms with Crippen LogP contribution in [0.5, 0.6) is 0 Å². The number of nitrogens with zero attached hydrogens (tertiary/aromatic N) is 1. The monoisotopic (exact) mass is 517 g/mol. The summed E-state index contributed by atoms with van der Waals surface area (Å²) in [5.74, 6) is 0.473. The lowest BCUT2D eigenvalue weighted by Crippen LogP contribution is -2.14. The van der Waals surface area contributed by atoms with E-state index in [-0.39, 0.29) is 12.0 Å². The molecule has 0 aromatic heterocycles. The molecule has 3 rings (SSSR count). The van der Waals surface area contributed by atoms with E-state index in [0.717, 1.165) is 12.0 Å². The van der Waals surface area contributed by atoms with Gasteiger partial charge in [-0.05, 0) is 58.4 Å². The summed E-state index contributed by atoms with van der Waals surface area (Å²) >= 11 is 0. The fourth-order valence-corrected chi connectivity index (χ4v) is 3.28. The van der Waals surface area contributed by atoms with Crippen molar-refractivity contribution in [1.29, 1.82) is 5.26 Å². The fourth-order valence-electron chi connectivity index (χ4n) is 3.28. The van der Waals surface area contributed by atoms with Crippen molar-refractivity contribution in [3.8, 4) is 6.07 Å². The van der Waals surface area contributed by atoms with Crippen molar-refractivity contribution in [2.45, 2.75) is 106 Å². The van der Waals surface area contributed by atoms with Gasteiger partial charge in [-0.2, -0.15) is 5.26 Å². The smallest absolute Gasteiger partial charge is 0.0991 e. The van der Waals surface area contributed by atoms with Crippen molar-refractivity contribution >= 4 is 0 Å². The molecule has 0 saturated heterocycles. The van der Waals surface area contributed by atoms with Gasteiger partial charge in [-0.25, -0.2) is 0 Å². The van der Waals surface area contributed by atoms with Gasteiger partial charge in [0.1, 0.15) is 0 Å². The molecule has 1 unspecified atom stereocenters. The zero-order chi connectivity index (χ0) is 29.6. The van der Waals surface area contributed by atoms with Crippen molar-refractivity contribution in [3.63, 3.8) is 0 Å². The first-order chi connectivity index (χ1) is 18.0. The maximum Gasteiger partial charge on any atom is 0.0991 e. The van der Waals surface area contributed by atoms with E-state index in [1.807, 2.05) is 70.2 Å². The van der Waals surface area contributed by atoms with Crippen molar-refractivity contribution in [2.24, 2.45) is 0 Å². The van der Waals surface area contributed by atoms with Crippen LogP contribution in [0.25, 0.3) is 0 Å². The Bertz CT molecular complexity index is 962. The number of rotatable bonds is 5. The first-order valence-electron chi connectivity index (χ1n) is 14.3. The van der Waals surface area contributed by atoms with Gasteiger partial charge in [-0.1, -0.05) is 149 Å². The van der Waals surface area contributed by atoms with Crippen LogP contribution in [-0.4, -0.2) is 11.7 Å². The zero-order valence-electron chi connectivity index (χ0n) is 26.2. The summed E-state index contributed by atoms with van der Waals surface area (Å²) < 4.78 is 0. The summed E-state index contributed by atoms with van der Waals surface area (Å²) in [5, 5.41) is 17.3. The minimum absolute atomic E-state index is 0.175. The molecule has 2 heteroatoms. The first kappa shape index (κ1) is 37.3. The third-order valence-electron chi connectivity index (χ3n) is 6.25. The zero-order valence-corrected chi connectivity index (χ0v) is 26.2. The van der Waals surface area contributed by atoms with Crippen LogP contribution in [0.15, 0.2) is 84.9 Å². The van der Waals surface area contributed by atoms with Gasteiger partial charge in [0.2, 0.25) is 0 Å². The molecule has 0 aliphatic carbocycles. The molecule has 3 aromatic carbocycles. The molecule has 38 heavy (non-hydrogen) atoms. The molecular formula is C36H55NO. The molecule has 1 atom stereocenters. The topological polar surface area (TPSA) is 44.0 Å². The van der Waals surface area contributed by atoms with Crippen LogP contribution < -0.4 is 0 Å². The summed E-state index contributed by atoms with van der Waals surface area (Å²) in [6, 6.07) is 30.8. The molecular weight excluding hydrogens is 462 g/mol. The fraction of sp³-hybridized carbons (Fsp3) is 0.472. The van der Waals surface area contributed by atoms with Crippen molar-refractivity contribution in [1.82, 2.24) is 0 Å². The summed E-state index contributed by atoms with van der Waals surface area (Å²) in [5.41, 5.74) is 5.24. The second kappa shape index (κ2) is 21.1. The Hall–Kier alpha value is -2.89. The van der Waals surface area contributed by atoms with Crippen LogP contribution in [0.1, 0.15) is 117 Å². The molecule has 0 amide bonds. The van der Waals surface area contributed by atoms with E-state index in [4.69, 9.17) is 10.4 Å². The van der Waals surface area contributed by atoms with Crippen LogP contribution in [0.2, 0.25) is 0 Å². The molecule has 2 nitrogen and oxygen atoms in total. The molecule has 0 radical (unpaired) electrons. The highest BCUT2D eigenvalue weighted by molar-refractivity contribution is 5.34. The molecule has 0 aliphatic rings. The number of aliphatic hydroxyl groups excluding tert-OH is 1. The van der Waals surface area contributed by atoms with E-state index < -0.39 is 0 Å². The first-order valence-corrected chi connectivity index (χ1v) is 14.3. The Morgan fingerprint density at radius 1 is 0.711 bits per heavy atom. The summed E-state index contributed by atoms with van der Waals surface area (Å²) in [4.78, 5) is 0.